The van der Waals surface area contributed by atoms with Gasteiger partial charge >= 0.3 is 0 Å². The third kappa shape index (κ3) is 4.30. The number of hydrogen-bond acceptors (Lipinski definition) is 1. The molecule has 24 heavy (non-hydrogen) atoms. The lowest BCUT2D eigenvalue weighted by Gasteiger charge is -2.21. The molecule has 1 N–H and O–H groups in total. The highest BCUT2D eigenvalue weighted by atomic mass is 19.1. The van der Waals surface area contributed by atoms with E-state index in [4.69, 9.17) is 0 Å². The van der Waals surface area contributed by atoms with Gasteiger partial charge in [-0.1, -0.05) is 72.8 Å². The number of hydrogen-bond donors (Lipinski definition) is 1. The van der Waals surface area contributed by atoms with Crippen molar-refractivity contribution in [3.05, 3.63) is 107 Å². The Balaban J connectivity index is 1.77. The largest absolute Gasteiger partial charge is 0.393 e. The smallest absolute Gasteiger partial charge is 0.123 e. The quantitative estimate of drug-likeness (QED) is 0.681. The Bertz CT molecular complexity index is 698. The topological polar surface area (TPSA) is 20.2 Å². The maximum Gasteiger partial charge on any atom is 0.123 e. The predicted octanol–water partition coefficient (Wildman–Crippen LogP) is 4.95. The average Bonchev–Trinajstić information content (AvgIpc) is 2.63. The minimum absolute atomic E-state index is 0.142. The Morgan fingerprint density at radius 2 is 1.21 bits per heavy atom. The van der Waals surface area contributed by atoms with E-state index in [1.165, 1.54) is 23.3 Å². The van der Waals surface area contributed by atoms with E-state index in [1.807, 2.05) is 36.4 Å². The first kappa shape index (κ1) is 16.4. The summed E-state index contributed by atoms with van der Waals surface area (Å²) in [6.07, 6.45) is 0.669. The molecule has 0 fully saturated rings. The van der Waals surface area contributed by atoms with Crippen LogP contribution in [0.3, 0.4) is 0 Å². The molecule has 0 aromatic heterocycles. The fraction of sp³-hybridized carbons (Fsp3) is 0.182. The van der Waals surface area contributed by atoms with Crippen molar-refractivity contribution in [3.63, 3.8) is 0 Å². The van der Waals surface area contributed by atoms with E-state index in [-0.39, 0.29) is 11.7 Å². The Labute approximate surface area is 142 Å². The summed E-state index contributed by atoms with van der Waals surface area (Å²) in [5.74, 6) is -0.109. The van der Waals surface area contributed by atoms with Crippen LogP contribution in [0.1, 0.15) is 29.0 Å². The number of aliphatic hydroxyl groups is 1. The minimum atomic E-state index is -0.485. The molecule has 0 bridgehead atoms. The molecule has 0 radical (unpaired) electrons. The fourth-order valence-corrected chi connectivity index (χ4v) is 3.08. The predicted molar refractivity (Wildman–Crippen MR) is 95.5 cm³/mol. The molecule has 0 aliphatic carbocycles. The second-order valence-corrected chi connectivity index (χ2v) is 6.09. The lowest BCUT2D eigenvalue weighted by Crippen LogP contribution is -2.16. The summed E-state index contributed by atoms with van der Waals surface area (Å²) in [5, 5.41) is 10.6. The van der Waals surface area contributed by atoms with Gasteiger partial charge in [0.15, 0.2) is 0 Å². The van der Waals surface area contributed by atoms with Crippen LogP contribution >= 0.6 is 0 Å². The normalized spacial score (nSPS) is 12.3. The van der Waals surface area contributed by atoms with Crippen molar-refractivity contribution in [1.29, 1.82) is 0 Å². The van der Waals surface area contributed by atoms with Crippen LogP contribution in [0.2, 0.25) is 0 Å². The molecule has 0 heterocycles. The van der Waals surface area contributed by atoms with Crippen LogP contribution in [0, 0.1) is 5.82 Å². The van der Waals surface area contributed by atoms with E-state index >= 15 is 0 Å². The summed E-state index contributed by atoms with van der Waals surface area (Å²) < 4.78 is 13.0. The van der Waals surface area contributed by atoms with Crippen LogP contribution < -0.4 is 0 Å². The molecular weight excluding hydrogens is 299 g/mol. The summed E-state index contributed by atoms with van der Waals surface area (Å²) in [4.78, 5) is 0. The van der Waals surface area contributed by atoms with Crippen LogP contribution in [0.15, 0.2) is 84.9 Å². The van der Waals surface area contributed by atoms with Crippen molar-refractivity contribution < 1.29 is 9.50 Å². The van der Waals surface area contributed by atoms with Gasteiger partial charge in [0.05, 0.1) is 6.10 Å². The van der Waals surface area contributed by atoms with Crippen LogP contribution in [0.25, 0.3) is 0 Å². The number of benzene rings is 3. The van der Waals surface area contributed by atoms with E-state index in [0.29, 0.717) is 12.8 Å². The van der Waals surface area contributed by atoms with Gasteiger partial charge in [-0.25, -0.2) is 4.39 Å². The van der Waals surface area contributed by atoms with Gasteiger partial charge in [0.25, 0.3) is 0 Å². The van der Waals surface area contributed by atoms with E-state index in [0.717, 1.165) is 5.56 Å². The molecule has 3 aromatic rings. The minimum Gasteiger partial charge on any atom is -0.393 e. The van der Waals surface area contributed by atoms with E-state index in [9.17, 15) is 9.50 Å². The first-order valence-electron chi connectivity index (χ1n) is 8.25. The monoisotopic (exact) mass is 320 g/mol. The summed E-state index contributed by atoms with van der Waals surface area (Å²) in [6.45, 7) is 0. The van der Waals surface area contributed by atoms with Gasteiger partial charge in [0, 0.05) is 5.92 Å². The van der Waals surface area contributed by atoms with Crippen molar-refractivity contribution in [1.82, 2.24) is 0 Å². The molecular formula is C22H21FO. The van der Waals surface area contributed by atoms with Crippen LogP contribution in [0.5, 0.6) is 0 Å². The molecule has 0 aliphatic heterocycles. The molecule has 122 valence electrons. The lowest BCUT2D eigenvalue weighted by atomic mass is 9.85. The second kappa shape index (κ2) is 7.89. The van der Waals surface area contributed by atoms with Crippen LogP contribution in [0.4, 0.5) is 4.39 Å². The summed E-state index contributed by atoms with van der Waals surface area (Å²) in [6, 6.07) is 26.8. The molecule has 0 saturated heterocycles. The Kier molecular flexibility index (Phi) is 5.39. The zero-order valence-corrected chi connectivity index (χ0v) is 13.5. The van der Waals surface area contributed by atoms with Crippen LogP contribution in [-0.4, -0.2) is 11.2 Å². The van der Waals surface area contributed by atoms with Crippen molar-refractivity contribution >= 4 is 0 Å². The highest BCUT2D eigenvalue weighted by Gasteiger charge is 2.18. The third-order valence-corrected chi connectivity index (χ3v) is 4.30. The Morgan fingerprint density at radius 3 is 1.71 bits per heavy atom. The highest BCUT2D eigenvalue weighted by Crippen LogP contribution is 2.29. The molecule has 3 aromatic carbocycles. The van der Waals surface area contributed by atoms with Gasteiger partial charge in [-0.15, -0.1) is 0 Å². The zero-order valence-electron chi connectivity index (χ0n) is 13.5. The fourth-order valence-electron chi connectivity index (χ4n) is 3.08. The van der Waals surface area contributed by atoms with Gasteiger partial charge in [0.1, 0.15) is 5.82 Å². The number of aliphatic hydroxyl groups excluding tert-OH is 1. The molecule has 1 nitrogen and oxygen atoms in total. The van der Waals surface area contributed by atoms with Gasteiger partial charge in [-0.2, -0.15) is 0 Å². The Hall–Kier alpha value is -2.45. The molecule has 1 unspecified atom stereocenters. The second-order valence-electron chi connectivity index (χ2n) is 6.09. The summed E-state index contributed by atoms with van der Waals surface area (Å²) >= 11 is 0. The third-order valence-electron chi connectivity index (χ3n) is 4.30. The average molecular weight is 320 g/mol. The van der Waals surface area contributed by atoms with E-state index in [1.54, 1.807) is 12.1 Å². The molecule has 0 amide bonds. The van der Waals surface area contributed by atoms with E-state index < -0.39 is 6.10 Å². The first-order valence-corrected chi connectivity index (χ1v) is 8.25. The molecule has 0 spiro atoms. The van der Waals surface area contributed by atoms with Crippen molar-refractivity contribution in [3.8, 4) is 0 Å². The first-order chi connectivity index (χ1) is 11.7. The molecule has 0 aliphatic rings. The van der Waals surface area contributed by atoms with Gasteiger partial charge in [-0.3, -0.25) is 0 Å². The van der Waals surface area contributed by atoms with Gasteiger partial charge in [-0.05, 0) is 41.7 Å². The van der Waals surface area contributed by atoms with Crippen molar-refractivity contribution in [2.24, 2.45) is 0 Å². The molecule has 2 heteroatoms. The zero-order chi connectivity index (χ0) is 16.8. The number of rotatable bonds is 6. The van der Waals surface area contributed by atoms with Gasteiger partial charge < -0.3 is 5.11 Å². The standard InChI is InChI=1S/C22H21FO/c23-20-13-11-17(12-14-20)15-21(24)16-22(18-7-3-1-4-8-18)19-9-5-2-6-10-19/h1-14,21-22,24H,15-16H2. The summed E-state index contributed by atoms with van der Waals surface area (Å²) in [5.41, 5.74) is 3.34. The SMILES string of the molecule is OC(Cc1ccc(F)cc1)CC(c1ccccc1)c1ccccc1. The van der Waals surface area contributed by atoms with E-state index in [2.05, 4.69) is 24.3 Å². The Morgan fingerprint density at radius 1 is 0.708 bits per heavy atom. The molecule has 0 saturated carbocycles. The molecule has 3 rings (SSSR count). The van der Waals surface area contributed by atoms with Gasteiger partial charge in [0.2, 0.25) is 0 Å². The lowest BCUT2D eigenvalue weighted by molar-refractivity contribution is 0.159. The highest BCUT2D eigenvalue weighted by molar-refractivity contribution is 5.32. The maximum absolute atomic E-state index is 13.0. The van der Waals surface area contributed by atoms with Crippen molar-refractivity contribution in [2.75, 3.05) is 0 Å². The number of halogens is 1. The summed E-state index contributed by atoms with van der Waals surface area (Å²) in [7, 11) is 0. The maximum atomic E-state index is 13.0. The van der Waals surface area contributed by atoms with Crippen molar-refractivity contribution in [2.45, 2.75) is 24.9 Å². The van der Waals surface area contributed by atoms with Crippen LogP contribution in [-0.2, 0) is 6.42 Å². The molecule has 1 atom stereocenters.